The maximum Gasteiger partial charge on any atom is 0.235 e. The third-order valence-corrected chi connectivity index (χ3v) is 5.16. The second-order valence-electron chi connectivity index (χ2n) is 6.46. The van der Waals surface area contributed by atoms with E-state index < -0.39 is 5.41 Å². The minimum absolute atomic E-state index is 0.0445. The molecule has 2 aliphatic rings. The van der Waals surface area contributed by atoms with Crippen LogP contribution in [0.25, 0.3) is 0 Å². The Morgan fingerprint density at radius 1 is 1.04 bits per heavy atom. The topological polar surface area (TPSA) is 32.3 Å². The molecule has 0 aromatic heterocycles. The van der Waals surface area contributed by atoms with Crippen molar-refractivity contribution < 1.29 is 9.18 Å². The lowest BCUT2D eigenvalue weighted by molar-refractivity contribution is -0.122. The standard InChI is InChI=1S/C19H19FN2O/c20-16-8-4-7-15-17(16)21-18(23)19(15)9-11-22(12-10-19)13-14-5-2-1-3-6-14/h1-8H,9-13H2,(H,21,23). The molecule has 1 spiro atoms. The average Bonchev–Trinajstić information content (AvgIpc) is 2.85. The summed E-state index contributed by atoms with van der Waals surface area (Å²) in [6.07, 6.45) is 1.48. The number of piperidine rings is 1. The lowest BCUT2D eigenvalue weighted by Gasteiger charge is -2.38. The normalized spacial score (nSPS) is 19.6. The van der Waals surface area contributed by atoms with Gasteiger partial charge in [0.15, 0.2) is 0 Å². The van der Waals surface area contributed by atoms with Crippen LogP contribution >= 0.6 is 0 Å². The van der Waals surface area contributed by atoms with E-state index in [9.17, 15) is 9.18 Å². The molecular formula is C19H19FN2O. The number of carbonyl (C=O) groups is 1. The molecule has 23 heavy (non-hydrogen) atoms. The first-order valence-electron chi connectivity index (χ1n) is 8.06. The Morgan fingerprint density at radius 2 is 1.78 bits per heavy atom. The molecular weight excluding hydrogens is 291 g/mol. The van der Waals surface area contributed by atoms with Crippen LogP contribution in [-0.4, -0.2) is 23.9 Å². The molecule has 118 valence electrons. The first-order valence-corrected chi connectivity index (χ1v) is 8.06. The van der Waals surface area contributed by atoms with E-state index in [2.05, 4.69) is 22.3 Å². The summed E-state index contributed by atoms with van der Waals surface area (Å²) >= 11 is 0. The number of fused-ring (bicyclic) bond motifs is 2. The molecule has 2 aromatic carbocycles. The minimum Gasteiger partial charge on any atom is -0.323 e. The Bertz CT molecular complexity index is 736. The molecule has 1 saturated heterocycles. The van der Waals surface area contributed by atoms with Gasteiger partial charge in [0, 0.05) is 6.54 Å². The lowest BCUT2D eigenvalue weighted by Crippen LogP contribution is -2.46. The van der Waals surface area contributed by atoms with E-state index in [1.54, 1.807) is 6.07 Å². The molecule has 0 bridgehead atoms. The van der Waals surface area contributed by atoms with Gasteiger partial charge in [-0.3, -0.25) is 9.69 Å². The number of halogens is 1. The van der Waals surface area contributed by atoms with Crippen LogP contribution in [0.2, 0.25) is 0 Å². The number of nitrogens with zero attached hydrogens (tertiary/aromatic N) is 1. The van der Waals surface area contributed by atoms with E-state index in [0.717, 1.165) is 38.0 Å². The summed E-state index contributed by atoms with van der Waals surface area (Å²) in [5.41, 5.74) is 1.95. The number of carbonyl (C=O) groups excluding carboxylic acids is 1. The van der Waals surface area contributed by atoms with Gasteiger partial charge in [-0.2, -0.15) is 0 Å². The maximum atomic E-state index is 13.9. The van der Waals surface area contributed by atoms with Crippen LogP contribution in [0.1, 0.15) is 24.0 Å². The summed E-state index contributed by atoms with van der Waals surface area (Å²) in [5.74, 6) is -0.378. The highest BCUT2D eigenvalue weighted by Gasteiger charge is 2.49. The highest BCUT2D eigenvalue weighted by Crippen LogP contribution is 2.45. The zero-order chi connectivity index (χ0) is 15.9. The molecule has 0 radical (unpaired) electrons. The second kappa shape index (κ2) is 5.46. The smallest absolute Gasteiger partial charge is 0.235 e. The van der Waals surface area contributed by atoms with Crippen LogP contribution in [0.5, 0.6) is 0 Å². The molecule has 2 aliphatic heterocycles. The van der Waals surface area contributed by atoms with E-state index in [4.69, 9.17) is 0 Å². The molecule has 0 atom stereocenters. The molecule has 3 nitrogen and oxygen atoms in total. The van der Waals surface area contributed by atoms with Crippen molar-refractivity contribution in [2.45, 2.75) is 24.8 Å². The summed E-state index contributed by atoms with van der Waals surface area (Å²) in [5, 5.41) is 2.76. The number of likely N-dealkylation sites (tertiary alicyclic amines) is 1. The van der Waals surface area contributed by atoms with Gasteiger partial charge in [-0.15, -0.1) is 0 Å². The number of benzene rings is 2. The predicted octanol–water partition coefficient (Wildman–Crippen LogP) is 3.31. The van der Waals surface area contributed by atoms with Crippen LogP contribution in [0, 0.1) is 5.82 Å². The third-order valence-electron chi connectivity index (χ3n) is 5.16. The monoisotopic (exact) mass is 310 g/mol. The van der Waals surface area contributed by atoms with Crippen molar-refractivity contribution in [2.75, 3.05) is 18.4 Å². The molecule has 0 unspecified atom stereocenters. The Balaban J connectivity index is 1.53. The highest BCUT2D eigenvalue weighted by molar-refractivity contribution is 6.06. The molecule has 4 rings (SSSR count). The number of hydrogen-bond donors (Lipinski definition) is 1. The Hall–Kier alpha value is -2.20. The number of rotatable bonds is 2. The SMILES string of the molecule is O=C1Nc2c(F)cccc2C12CCN(Cc1ccccc1)CC2. The second-order valence-corrected chi connectivity index (χ2v) is 6.46. The minimum atomic E-state index is -0.551. The summed E-state index contributed by atoms with van der Waals surface area (Å²) in [6.45, 7) is 2.59. The zero-order valence-electron chi connectivity index (χ0n) is 12.9. The molecule has 2 aromatic rings. The van der Waals surface area contributed by atoms with E-state index in [0.29, 0.717) is 5.69 Å². The van der Waals surface area contributed by atoms with Gasteiger partial charge in [-0.1, -0.05) is 42.5 Å². The third kappa shape index (κ3) is 2.34. The first-order chi connectivity index (χ1) is 11.2. The Kier molecular flexibility index (Phi) is 3.42. The van der Waals surface area contributed by atoms with Gasteiger partial charge in [-0.25, -0.2) is 4.39 Å². The van der Waals surface area contributed by atoms with E-state index in [1.165, 1.54) is 11.6 Å². The number of anilines is 1. The number of nitrogens with one attached hydrogen (secondary N) is 1. The number of hydrogen-bond acceptors (Lipinski definition) is 2. The van der Waals surface area contributed by atoms with Crippen molar-refractivity contribution in [3.63, 3.8) is 0 Å². The van der Waals surface area contributed by atoms with Gasteiger partial charge in [0.2, 0.25) is 5.91 Å². The lowest BCUT2D eigenvalue weighted by atomic mass is 9.73. The summed E-state index contributed by atoms with van der Waals surface area (Å²) in [4.78, 5) is 14.9. The van der Waals surface area contributed by atoms with Gasteiger partial charge in [0.05, 0.1) is 11.1 Å². The molecule has 2 heterocycles. The van der Waals surface area contributed by atoms with E-state index in [1.807, 2.05) is 24.3 Å². The van der Waals surface area contributed by atoms with Crippen molar-refractivity contribution in [2.24, 2.45) is 0 Å². The van der Waals surface area contributed by atoms with Crippen LogP contribution in [0.3, 0.4) is 0 Å². The van der Waals surface area contributed by atoms with Gasteiger partial charge < -0.3 is 5.32 Å². The quantitative estimate of drug-likeness (QED) is 0.923. The van der Waals surface area contributed by atoms with Gasteiger partial charge in [-0.05, 0) is 43.1 Å². The number of amides is 1. The van der Waals surface area contributed by atoms with Crippen LogP contribution in [-0.2, 0) is 16.8 Å². The molecule has 0 aliphatic carbocycles. The van der Waals surface area contributed by atoms with Crippen molar-refractivity contribution in [1.29, 1.82) is 0 Å². The molecule has 1 amide bonds. The van der Waals surface area contributed by atoms with Crippen LogP contribution in [0.4, 0.5) is 10.1 Å². The summed E-state index contributed by atoms with van der Waals surface area (Å²) in [6, 6.07) is 15.4. The van der Waals surface area contributed by atoms with Gasteiger partial charge in [0.25, 0.3) is 0 Å². The summed E-state index contributed by atoms with van der Waals surface area (Å²) < 4.78 is 13.9. The fourth-order valence-corrected chi connectivity index (χ4v) is 3.84. The predicted molar refractivity (Wildman–Crippen MR) is 87.7 cm³/mol. The largest absolute Gasteiger partial charge is 0.323 e. The zero-order valence-corrected chi connectivity index (χ0v) is 12.9. The van der Waals surface area contributed by atoms with Crippen molar-refractivity contribution in [3.8, 4) is 0 Å². The fraction of sp³-hybridized carbons (Fsp3) is 0.316. The number of para-hydroxylation sites is 1. The molecule has 0 saturated carbocycles. The average molecular weight is 310 g/mol. The first kappa shape index (κ1) is 14.4. The van der Waals surface area contributed by atoms with Crippen molar-refractivity contribution in [1.82, 2.24) is 4.90 Å². The van der Waals surface area contributed by atoms with Gasteiger partial charge >= 0.3 is 0 Å². The van der Waals surface area contributed by atoms with E-state index in [-0.39, 0.29) is 11.7 Å². The Labute approximate surface area is 135 Å². The van der Waals surface area contributed by atoms with Crippen molar-refractivity contribution >= 4 is 11.6 Å². The Morgan fingerprint density at radius 3 is 2.52 bits per heavy atom. The van der Waals surface area contributed by atoms with Crippen molar-refractivity contribution in [3.05, 3.63) is 65.5 Å². The maximum absolute atomic E-state index is 13.9. The molecule has 1 N–H and O–H groups in total. The molecule has 1 fully saturated rings. The summed E-state index contributed by atoms with van der Waals surface area (Å²) in [7, 11) is 0. The fourth-order valence-electron chi connectivity index (χ4n) is 3.84. The van der Waals surface area contributed by atoms with E-state index >= 15 is 0 Å². The highest BCUT2D eigenvalue weighted by atomic mass is 19.1. The van der Waals surface area contributed by atoms with Crippen LogP contribution in [0.15, 0.2) is 48.5 Å². The molecule has 4 heteroatoms. The van der Waals surface area contributed by atoms with Gasteiger partial charge in [0.1, 0.15) is 5.82 Å². The van der Waals surface area contributed by atoms with Crippen LogP contribution < -0.4 is 5.32 Å².